The number of carbonyl (C=O) groups is 2. The average Bonchev–Trinajstić information content (AvgIpc) is 3.70. The largest absolute Gasteiger partial charge is 0.431 e. The zero-order valence-corrected chi connectivity index (χ0v) is 33.0. The Bertz CT molecular complexity index is 2190. The third kappa shape index (κ3) is 11.0. The summed E-state index contributed by atoms with van der Waals surface area (Å²) >= 11 is 1.50. The van der Waals surface area contributed by atoms with Crippen molar-refractivity contribution in [2.75, 3.05) is 22.1 Å². The van der Waals surface area contributed by atoms with Crippen LogP contribution in [0.1, 0.15) is 74.0 Å². The molecule has 0 saturated carbocycles. The molecule has 5 aromatic carbocycles. The number of para-hydroxylation sites is 2. The van der Waals surface area contributed by atoms with Gasteiger partial charge >= 0.3 is 0 Å². The molecule has 0 aliphatic carbocycles. The lowest BCUT2D eigenvalue weighted by molar-refractivity contribution is -0.245. The normalized spacial score (nSPS) is 16.5. The SMILES string of the molecule is Nc1ccccc1NC(=O)CCCCCCC(=O)Nc1cccc(C2OC(CSc3nc(-c4ccccc4)c(-c4ccccc4)o3)CC(c3ccc(CO)cc3)O2)c1. The molecule has 2 heterocycles. The van der Waals surface area contributed by atoms with Crippen LogP contribution in [0.2, 0.25) is 0 Å². The molecular weight excluding hydrogens is 749 g/mol. The van der Waals surface area contributed by atoms with E-state index in [9.17, 15) is 14.7 Å². The molecule has 298 valence electrons. The molecule has 0 bridgehead atoms. The summed E-state index contributed by atoms with van der Waals surface area (Å²) in [5.41, 5.74) is 13.1. The Morgan fingerprint density at radius 2 is 1.40 bits per heavy atom. The zero-order chi connectivity index (χ0) is 40.1. The molecule has 1 fully saturated rings. The first kappa shape index (κ1) is 40.5. The number of aliphatic hydroxyl groups excluding tert-OH is 1. The maximum absolute atomic E-state index is 13.0. The van der Waals surface area contributed by atoms with Gasteiger partial charge in [0.15, 0.2) is 12.1 Å². The number of amides is 2. The molecule has 3 unspecified atom stereocenters. The highest BCUT2D eigenvalue weighted by Gasteiger charge is 2.33. The molecule has 3 atom stereocenters. The van der Waals surface area contributed by atoms with E-state index in [1.165, 1.54) is 11.8 Å². The molecule has 1 saturated heterocycles. The van der Waals surface area contributed by atoms with Gasteiger partial charge in [0.1, 0.15) is 5.69 Å². The Kier molecular flexibility index (Phi) is 14.0. The van der Waals surface area contributed by atoms with Gasteiger partial charge in [-0.2, -0.15) is 0 Å². The molecule has 11 heteroatoms. The summed E-state index contributed by atoms with van der Waals surface area (Å²) in [5.74, 6) is 1.14. The van der Waals surface area contributed by atoms with Crippen LogP contribution in [0.25, 0.3) is 22.6 Å². The number of carbonyl (C=O) groups excluding carboxylic acids is 2. The van der Waals surface area contributed by atoms with Crippen LogP contribution < -0.4 is 16.4 Å². The first-order chi connectivity index (χ1) is 28.4. The van der Waals surface area contributed by atoms with Crippen LogP contribution in [0.4, 0.5) is 17.1 Å². The summed E-state index contributed by atoms with van der Waals surface area (Å²) in [7, 11) is 0. The summed E-state index contributed by atoms with van der Waals surface area (Å²) in [6.07, 6.45) is 3.31. The molecular formula is C47H48N4O6S. The van der Waals surface area contributed by atoms with E-state index in [1.807, 2.05) is 121 Å². The summed E-state index contributed by atoms with van der Waals surface area (Å²) in [6.45, 7) is -0.0361. The van der Waals surface area contributed by atoms with Crippen molar-refractivity contribution in [3.05, 3.63) is 150 Å². The maximum Gasteiger partial charge on any atom is 0.256 e. The molecule has 10 nitrogen and oxygen atoms in total. The molecule has 58 heavy (non-hydrogen) atoms. The number of thioether (sulfide) groups is 1. The minimum absolute atomic E-state index is 0.0361. The molecule has 7 rings (SSSR count). The average molecular weight is 797 g/mol. The van der Waals surface area contributed by atoms with E-state index in [-0.39, 0.29) is 30.6 Å². The predicted octanol–water partition coefficient (Wildman–Crippen LogP) is 10.3. The fourth-order valence-corrected chi connectivity index (χ4v) is 7.70. The Balaban J connectivity index is 0.968. The Labute approximate surface area is 343 Å². The van der Waals surface area contributed by atoms with Crippen LogP contribution in [-0.4, -0.2) is 33.8 Å². The van der Waals surface area contributed by atoms with Gasteiger partial charge in [-0.3, -0.25) is 9.59 Å². The lowest BCUT2D eigenvalue weighted by Crippen LogP contribution is -2.31. The fraction of sp³-hybridized carbons (Fsp3) is 0.255. The van der Waals surface area contributed by atoms with Crippen molar-refractivity contribution in [3.8, 4) is 22.6 Å². The van der Waals surface area contributed by atoms with E-state index in [0.717, 1.165) is 58.5 Å². The molecule has 1 aliphatic rings. The Morgan fingerprint density at radius 3 is 2.10 bits per heavy atom. The van der Waals surface area contributed by atoms with E-state index in [0.29, 0.717) is 53.7 Å². The van der Waals surface area contributed by atoms with Gasteiger partial charge in [-0.1, -0.05) is 134 Å². The Morgan fingerprint density at radius 1 is 0.724 bits per heavy atom. The molecule has 1 aromatic heterocycles. The highest BCUT2D eigenvalue weighted by Crippen LogP contribution is 2.41. The number of hydrogen-bond donors (Lipinski definition) is 4. The third-order valence-corrected chi connectivity index (χ3v) is 10.9. The molecule has 0 radical (unpaired) electrons. The quantitative estimate of drug-likeness (QED) is 0.0402. The third-order valence-electron chi connectivity index (χ3n) is 9.93. The van der Waals surface area contributed by atoms with Crippen molar-refractivity contribution in [2.24, 2.45) is 0 Å². The number of hydrogen-bond acceptors (Lipinski definition) is 9. The summed E-state index contributed by atoms with van der Waals surface area (Å²) in [6, 6.07) is 42.6. The first-order valence-corrected chi connectivity index (χ1v) is 20.7. The van der Waals surface area contributed by atoms with Crippen molar-refractivity contribution in [1.82, 2.24) is 4.98 Å². The lowest BCUT2D eigenvalue weighted by Gasteiger charge is -2.36. The van der Waals surface area contributed by atoms with E-state index in [1.54, 1.807) is 12.1 Å². The monoisotopic (exact) mass is 796 g/mol. The number of nitrogens with one attached hydrogen (secondary N) is 2. The summed E-state index contributed by atoms with van der Waals surface area (Å²) < 4.78 is 19.6. The number of nitrogens with zero attached hydrogens (tertiary/aromatic N) is 1. The van der Waals surface area contributed by atoms with Crippen LogP contribution in [0.15, 0.2) is 143 Å². The van der Waals surface area contributed by atoms with Crippen LogP contribution >= 0.6 is 11.8 Å². The second-order valence-electron chi connectivity index (χ2n) is 14.3. The number of anilines is 3. The van der Waals surface area contributed by atoms with Crippen LogP contribution in [0, 0.1) is 0 Å². The number of nitrogen functional groups attached to an aromatic ring is 1. The van der Waals surface area contributed by atoms with Crippen molar-refractivity contribution >= 4 is 40.6 Å². The number of rotatable bonds is 17. The number of unbranched alkanes of at least 4 members (excludes halogenated alkanes) is 3. The zero-order valence-electron chi connectivity index (χ0n) is 32.2. The molecule has 5 N–H and O–H groups in total. The van der Waals surface area contributed by atoms with Crippen LogP contribution in [0.3, 0.4) is 0 Å². The summed E-state index contributed by atoms with van der Waals surface area (Å²) in [5, 5.41) is 16.1. The van der Waals surface area contributed by atoms with Gasteiger partial charge in [0, 0.05) is 47.4 Å². The highest BCUT2D eigenvalue weighted by molar-refractivity contribution is 7.99. The van der Waals surface area contributed by atoms with E-state index < -0.39 is 6.29 Å². The van der Waals surface area contributed by atoms with Crippen molar-refractivity contribution in [2.45, 2.75) is 75.3 Å². The topological polar surface area (TPSA) is 149 Å². The molecule has 1 aliphatic heterocycles. The number of oxazole rings is 1. The van der Waals surface area contributed by atoms with Gasteiger partial charge in [0.2, 0.25) is 11.8 Å². The van der Waals surface area contributed by atoms with Crippen LogP contribution in [0.5, 0.6) is 0 Å². The number of aliphatic hydroxyl groups is 1. The lowest BCUT2D eigenvalue weighted by atomic mass is 10.0. The minimum atomic E-state index is -0.696. The van der Waals surface area contributed by atoms with E-state index >= 15 is 0 Å². The minimum Gasteiger partial charge on any atom is -0.431 e. The van der Waals surface area contributed by atoms with Gasteiger partial charge in [0.05, 0.1) is 30.2 Å². The van der Waals surface area contributed by atoms with Gasteiger partial charge in [-0.15, -0.1) is 0 Å². The number of aromatic nitrogens is 1. The van der Waals surface area contributed by atoms with E-state index in [2.05, 4.69) is 10.6 Å². The highest BCUT2D eigenvalue weighted by atomic mass is 32.2. The first-order valence-electron chi connectivity index (χ1n) is 19.7. The fourth-order valence-electron chi connectivity index (χ4n) is 6.86. The number of benzene rings is 5. The van der Waals surface area contributed by atoms with Gasteiger partial charge in [-0.25, -0.2) is 4.98 Å². The second-order valence-corrected chi connectivity index (χ2v) is 15.2. The van der Waals surface area contributed by atoms with Crippen molar-refractivity contribution < 1.29 is 28.6 Å². The van der Waals surface area contributed by atoms with Crippen LogP contribution in [-0.2, 0) is 25.7 Å². The van der Waals surface area contributed by atoms with E-state index in [4.69, 9.17) is 24.6 Å². The predicted molar refractivity (Wildman–Crippen MR) is 229 cm³/mol. The van der Waals surface area contributed by atoms with Gasteiger partial charge in [0.25, 0.3) is 5.22 Å². The molecule has 0 spiro atoms. The molecule has 6 aromatic rings. The van der Waals surface area contributed by atoms with Gasteiger partial charge in [-0.05, 0) is 48.2 Å². The summed E-state index contributed by atoms with van der Waals surface area (Å²) in [4.78, 5) is 30.2. The number of ether oxygens (including phenoxy) is 2. The van der Waals surface area contributed by atoms with Gasteiger partial charge < -0.3 is 35.4 Å². The standard InChI is InChI=1S/C47H48N4O6S/c48-39-20-11-12-21-40(39)50-43(54)23-10-2-1-9-22-42(53)49-37-19-13-18-36(28-37)46-55-38(29-41(56-46)33-26-24-32(30-52)25-27-33)31-58-47-51-44(34-14-5-3-6-15-34)45(57-47)35-16-7-4-8-17-35/h3-8,11-21,24-28,38,41,46,52H,1-2,9-10,22-23,29-31,48H2,(H,49,53)(H,50,54). The number of nitrogens with two attached hydrogens (primary N) is 1. The molecule has 2 amide bonds. The van der Waals surface area contributed by atoms with Crippen molar-refractivity contribution in [3.63, 3.8) is 0 Å². The maximum atomic E-state index is 13.0. The van der Waals surface area contributed by atoms with Crippen molar-refractivity contribution in [1.29, 1.82) is 0 Å². The smallest absolute Gasteiger partial charge is 0.256 e. The second kappa shape index (κ2) is 20.1. The Hall–Kier alpha value is -5.72.